The van der Waals surface area contributed by atoms with Crippen molar-refractivity contribution < 1.29 is 4.39 Å². The number of halogens is 1. The molecule has 19 heavy (non-hydrogen) atoms. The highest BCUT2D eigenvalue weighted by molar-refractivity contribution is 5.50. The van der Waals surface area contributed by atoms with Crippen LogP contribution in [0.1, 0.15) is 44.6 Å². The van der Waals surface area contributed by atoms with Crippen LogP contribution in [-0.4, -0.2) is 13.1 Å². The molecule has 0 amide bonds. The van der Waals surface area contributed by atoms with E-state index in [9.17, 15) is 4.39 Å². The summed E-state index contributed by atoms with van der Waals surface area (Å²) in [6, 6.07) is 6.81. The molecule has 1 unspecified atom stereocenters. The molecular weight excluding hydrogens is 239 g/mol. The third-order valence-electron chi connectivity index (χ3n) is 3.98. The molecule has 0 saturated carbocycles. The molecule has 1 aliphatic rings. The quantitative estimate of drug-likeness (QED) is 0.818. The summed E-state index contributed by atoms with van der Waals surface area (Å²) in [5.41, 5.74) is 1.04. The molecule has 3 heteroatoms. The van der Waals surface area contributed by atoms with Gasteiger partial charge in [-0.3, -0.25) is 0 Å². The van der Waals surface area contributed by atoms with Crippen molar-refractivity contribution in [3.63, 3.8) is 0 Å². The standard InChI is InChI=1S/C16H21FN2/c1-2-4-13-5-3-9-19(10-8-13)15-7-6-14(12-18)16(17)11-15/h6-7,11,13H,2-5,8-10H2,1H3. The van der Waals surface area contributed by atoms with Crippen molar-refractivity contribution >= 4 is 5.69 Å². The minimum atomic E-state index is -0.408. The first-order valence-corrected chi connectivity index (χ1v) is 7.19. The largest absolute Gasteiger partial charge is 0.371 e. The maximum absolute atomic E-state index is 13.7. The fraction of sp³-hybridized carbons (Fsp3) is 0.562. The van der Waals surface area contributed by atoms with Crippen LogP contribution in [0.2, 0.25) is 0 Å². The summed E-state index contributed by atoms with van der Waals surface area (Å²) >= 11 is 0. The van der Waals surface area contributed by atoms with Gasteiger partial charge in [-0.25, -0.2) is 4.39 Å². The predicted molar refractivity (Wildman–Crippen MR) is 75.6 cm³/mol. The van der Waals surface area contributed by atoms with Crippen LogP contribution in [0.5, 0.6) is 0 Å². The number of nitrogens with zero attached hydrogens (tertiary/aromatic N) is 2. The number of hydrogen-bond acceptors (Lipinski definition) is 2. The third-order valence-corrected chi connectivity index (χ3v) is 3.98. The van der Waals surface area contributed by atoms with Crippen molar-refractivity contribution in [1.29, 1.82) is 5.26 Å². The fourth-order valence-electron chi connectivity index (χ4n) is 2.91. The van der Waals surface area contributed by atoms with E-state index >= 15 is 0 Å². The summed E-state index contributed by atoms with van der Waals surface area (Å²) in [7, 11) is 0. The molecule has 1 saturated heterocycles. The van der Waals surface area contributed by atoms with E-state index in [4.69, 9.17) is 5.26 Å². The molecule has 0 bridgehead atoms. The Kier molecular flexibility index (Phi) is 4.79. The molecule has 2 nitrogen and oxygen atoms in total. The van der Waals surface area contributed by atoms with Gasteiger partial charge in [0.2, 0.25) is 0 Å². The van der Waals surface area contributed by atoms with Crippen molar-refractivity contribution in [2.24, 2.45) is 5.92 Å². The van der Waals surface area contributed by atoms with Crippen LogP contribution in [0.3, 0.4) is 0 Å². The van der Waals surface area contributed by atoms with E-state index in [0.29, 0.717) is 0 Å². The first kappa shape index (κ1) is 13.9. The minimum Gasteiger partial charge on any atom is -0.371 e. The highest BCUT2D eigenvalue weighted by atomic mass is 19.1. The first-order chi connectivity index (χ1) is 9.24. The summed E-state index contributed by atoms with van der Waals surface area (Å²) < 4.78 is 13.7. The van der Waals surface area contributed by atoms with Gasteiger partial charge in [0, 0.05) is 18.8 Å². The second-order valence-electron chi connectivity index (χ2n) is 5.35. The lowest BCUT2D eigenvalue weighted by Gasteiger charge is -2.23. The number of rotatable bonds is 3. The van der Waals surface area contributed by atoms with Crippen molar-refractivity contribution in [1.82, 2.24) is 0 Å². The summed E-state index contributed by atoms with van der Waals surface area (Å²) in [4.78, 5) is 2.25. The van der Waals surface area contributed by atoms with Crippen molar-refractivity contribution in [2.45, 2.75) is 39.0 Å². The zero-order chi connectivity index (χ0) is 13.7. The van der Waals surface area contributed by atoms with Crippen molar-refractivity contribution in [3.05, 3.63) is 29.6 Å². The van der Waals surface area contributed by atoms with E-state index in [1.54, 1.807) is 6.07 Å². The van der Waals surface area contributed by atoms with E-state index in [2.05, 4.69) is 11.8 Å². The lowest BCUT2D eigenvalue weighted by atomic mass is 9.96. The van der Waals surface area contributed by atoms with Gasteiger partial charge in [-0.05, 0) is 43.4 Å². The Balaban J connectivity index is 2.06. The molecule has 2 rings (SSSR count). The van der Waals surface area contributed by atoms with Crippen molar-refractivity contribution in [2.75, 3.05) is 18.0 Å². The zero-order valence-corrected chi connectivity index (χ0v) is 11.5. The minimum absolute atomic E-state index is 0.127. The highest BCUT2D eigenvalue weighted by Gasteiger charge is 2.17. The molecule has 1 atom stereocenters. The van der Waals surface area contributed by atoms with E-state index in [-0.39, 0.29) is 5.56 Å². The van der Waals surface area contributed by atoms with Gasteiger partial charge in [-0.1, -0.05) is 19.8 Å². The first-order valence-electron chi connectivity index (χ1n) is 7.19. The predicted octanol–water partition coefficient (Wildman–Crippen LogP) is 4.10. The normalized spacial score (nSPS) is 19.8. The van der Waals surface area contributed by atoms with Crippen LogP contribution in [-0.2, 0) is 0 Å². The summed E-state index contributed by atoms with van der Waals surface area (Å²) in [5, 5.41) is 8.75. The molecule has 0 spiro atoms. The van der Waals surface area contributed by atoms with Gasteiger partial charge in [0.1, 0.15) is 11.9 Å². The SMILES string of the molecule is CCCC1CCCN(c2ccc(C#N)c(F)c2)CC1. The summed E-state index contributed by atoms with van der Waals surface area (Å²) in [6.07, 6.45) is 6.19. The molecular formula is C16H21FN2. The number of anilines is 1. The van der Waals surface area contributed by atoms with Gasteiger partial charge >= 0.3 is 0 Å². The smallest absolute Gasteiger partial charge is 0.143 e. The zero-order valence-electron chi connectivity index (χ0n) is 11.5. The number of hydrogen-bond donors (Lipinski definition) is 0. The van der Waals surface area contributed by atoms with Crippen LogP contribution < -0.4 is 4.90 Å². The molecule has 0 aromatic heterocycles. The monoisotopic (exact) mass is 260 g/mol. The highest BCUT2D eigenvalue weighted by Crippen LogP contribution is 2.26. The lowest BCUT2D eigenvalue weighted by Crippen LogP contribution is -2.24. The number of benzene rings is 1. The summed E-state index contributed by atoms with van der Waals surface area (Å²) in [6.45, 7) is 4.22. The van der Waals surface area contributed by atoms with E-state index in [0.717, 1.165) is 24.7 Å². The molecule has 102 valence electrons. The third kappa shape index (κ3) is 3.47. The Morgan fingerprint density at radius 1 is 1.37 bits per heavy atom. The Morgan fingerprint density at radius 3 is 2.89 bits per heavy atom. The Morgan fingerprint density at radius 2 is 2.21 bits per heavy atom. The molecule has 1 aromatic carbocycles. The average molecular weight is 260 g/mol. The van der Waals surface area contributed by atoms with Gasteiger partial charge in [-0.2, -0.15) is 5.26 Å². The van der Waals surface area contributed by atoms with Gasteiger partial charge in [0.25, 0.3) is 0 Å². The van der Waals surface area contributed by atoms with E-state index in [1.807, 2.05) is 12.1 Å². The Bertz CT molecular complexity index is 464. The van der Waals surface area contributed by atoms with Gasteiger partial charge in [0.15, 0.2) is 0 Å². The molecule has 1 aromatic rings. The Labute approximate surface area is 114 Å². The maximum Gasteiger partial charge on any atom is 0.143 e. The van der Waals surface area contributed by atoms with Gasteiger partial charge in [0.05, 0.1) is 5.56 Å². The fourth-order valence-corrected chi connectivity index (χ4v) is 2.91. The van der Waals surface area contributed by atoms with Crippen molar-refractivity contribution in [3.8, 4) is 6.07 Å². The molecule has 1 fully saturated rings. The lowest BCUT2D eigenvalue weighted by molar-refractivity contribution is 0.435. The van der Waals surface area contributed by atoms with Crippen LogP contribution >= 0.6 is 0 Å². The Hall–Kier alpha value is -1.56. The van der Waals surface area contributed by atoms with Crippen LogP contribution in [0.25, 0.3) is 0 Å². The van der Waals surface area contributed by atoms with E-state index < -0.39 is 5.82 Å². The van der Waals surface area contributed by atoms with Crippen LogP contribution in [0, 0.1) is 23.1 Å². The molecule has 1 aliphatic heterocycles. The number of nitriles is 1. The molecule has 0 radical (unpaired) electrons. The molecule has 0 aliphatic carbocycles. The maximum atomic E-state index is 13.7. The molecule has 0 N–H and O–H groups in total. The second-order valence-corrected chi connectivity index (χ2v) is 5.35. The van der Waals surface area contributed by atoms with Gasteiger partial charge in [-0.15, -0.1) is 0 Å². The average Bonchev–Trinajstić information content (AvgIpc) is 2.65. The van der Waals surface area contributed by atoms with Crippen LogP contribution in [0.4, 0.5) is 10.1 Å². The molecule has 1 heterocycles. The van der Waals surface area contributed by atoms with Crippen LogP contribution in [0.15, 0.2) is 18.2 Å². The topological polar surface area (TPSA) is 27.0 Å². The van der Waals surface area contributed by atoms with E-state index in [1.165, 1.54) is 38.2 Å². The van der Waals surface area contributed by atoms with Gasteiger partial charge < -0.3 is 4.90 Å². The summed E-state index contributed by atoms with van der Waals surface area (Å²) in [5.74, 6) is 0.410. The second kappa shape index (κ2) is 6.56.